The average molecular weight is 1280 g/mol. The number of carbonyl (C=O) groups excluding carboxylic acids is 2. The number of anilines is 4. The summed E-state index contributed by atoms with van der Waals surface area (Å²) in [5.74, 6) is 1.34. The third kappa shape index (κ3) is 19.7. The van der Waals surface area contributed by atoms with Crippen LogP contribution in [0, 0.1) is 6.92 Å². The van der Waals surface area contributed by atoms with Crippen LogP contribution >= 0.6 is 54.8 Å². The van der Waals surface area contributed by atoms with E-state index in [2.05, 4.69) is 113 Å². The molecule has 23 heteroatoms. The summed E-state index contributed by atoms with van der Waals surface area (Å²) < 4.78 is 14.5. The summed E-state index contributed by atoms with van der Waals surface area (Å²) in [6.45, 7) is 16.0. The van der Waals surface area contributed by atoms with Crippen LogP contribution in [-0.4, -0.2) is 133 Å². The van der Waals surface area contributed by atoms with Crippen molar-refractivity contribution >= 4 is 139 Å². The molecule has 12 rings (SSSR count). The van der Waals surface area contributed by atoms with Crippen LogP contribution in [0.5, 0.6) is 0 Å². The van der Waals surface area contributed by atoms with Crippen molar-refractivity contribution in [1.29, 1.82) is 0 Å². The van der Waals surface area contributed by atoms with Gasteiger partial charge < -0.3 is 46.1 Å². The molecule has 428 valence electrons. The van der Waals surface area contributed by atoms with E-state index in [1.807, 2.05) is 107 Å². The summed E-state index contributed by atoms with van der Waals surface area (Å²) in [6.07, 6.45) is 9.49. The third-order valence-corrected chi connectivity index (χ3v) is 14.2. The average Bonchev–Trinajstić information content (AvgIpc) is 4.35. The Hall–Kier alpha value is -7.28. The second-order valence-corrected chi connectivity index (χ2v) is 23.0. The number of aliphatic imine (C=N–C) groups is 1. The molecule has 82 heavy (non-hydrogen) atoms. The fourth-order valence-corrected chi connectivity index (χ4v) is 9.77. The summed E-state index contributed by atoms with van der Waals surface area (Å²) >= 11 is 13.8. The number of piperazine rings is 1. The van der Waals surface area contributed by atoms with Crippen LogP contribution in [0.15, 0.2) is 142 Å². The topological polar surface area (TPSA) is 253 Å². The number of hydrogen-bond donors (Lipinski definition) is 6. The minimum absolute atomic E-state index is 0.0623. The maximum atomic E-state index is 12.2. The van der Waals surface area contributed by atoms with E-state index in [1.54, 1.807) is 43.7 Å². The first-order chi connectivity index (χ1) is 39.2. The number of aromatic amines is 1. The Balaban J connectivity index is 0.000000150. The van der Waals surface area contributed by atoms with Crippen molar-refractivity contribution in [3.63, 3.8) is 0 Å². The smallest absolute Gasteiger partial charge is 0.435 e. The standard InChI is InChI=1S/C16H16ClN5O2.C15H14N4.C10H8BrNO.C9H5BrO2S.C5H12N2.C4H9NO/c1-16(2,3)24-15(23)22-12-5-4-11(8-10(12)9-19-22)20-13-6-7-18-14(17)21-13;1-11-17-9-7-15(18-11)19-14-4-2-12(3-5-14)13-6-8-16-10-13;1-6(13)9-4-7-2-3-8(11)5-10(7)12-9;10-6-2-1-5-3-8(9(11)12)13-7(5)4-6;1-7-4-2-6-3-5-7;5-4-1-2-6-3-4/h4-9H,1-3H3,(H,18,20,21);2-7,9-10H,8H2,1H3,(H,17,18,19);2-5,12H,1H3;1-4H,(H,11,12);6H,2-5H2,1H3;4H,1-3,5H2. The number of aromatic carboxylic acids is 1. The molecule has 0 saturated carbocycles. The van der Waals surface area contributed by atoms with Crippen molar-refractivity contribution in [2.75, 3.05) is 63.6 Å². The van der Waals surface area contributed by atoms with E-state index < -0.39 is 17.7 Å². The molecule has 5 aromatic heterocycles. The normalized spacial score (nSPS) is 14.5. The number of ether oxygens (including phenoxy) is 2. The Labute approximate surface area is 501 Å². The zero-order valence-corrected chi connectivity index (χ0v) is 50.9. The van der Waals surface area contributed by atoms with Gasteiger partial charge >= 0.3 is 12.1 Å². The van der Waals surface area contributed by atoms with E-state index in [1.165, 1.54) is 40.2 Å². The molecule has 1 unspecified atom stereocenters. The number of thiophene rings is 1. The lowest BCUT2D eigenvalue weighted by Crippen LogP contribution is -2.40. The Morgan fingerprint density at radius 2 is 1.54 bits per heavy atom. The number of rotatable bonds is 7. The number of aromatic nitrogens is 7. The zero-order chi connectivity index (χ0) is 58.8. The van der Waals surface area contributed by atoms with Crippen molar-refractivity contribution in [3.8, 4) is 0 Å². The van der Waals surface area contributed by atoms with E-state index in [0.29, 0.717) is 27.9 Å². The van der Waals surface area contributed by atoms with Gasteiger partial charge in [0.05, 0.1) is 30.6 Å². The van der Waals surface area contributed by atoms with E-state index in [0.717, 1.165) is 97.6 Å². The first kappa shape index (κ1) is 62.3. The number of hydrogen-bond acceptors (Lipinski definition) is 17. The number of nitrogens with two attached hydrogens (primary N) is 1. The quantitative estimate of drug-likeness (QED) is 0.0641. The second kappa shape index (κ2) is 30.1. The number of nitrogens with one attached hydrogen (secondary N) is 4. The lowest BCUT2D eigenvalue weighted by atomic mass is 10.1. The number of halogens is 3. The number of carboxylic acid groups (broad SMARTS) is 1. The first-order valence-corrected chi connectivity index (χ1v) is 28.8. The van der Waals surface area contributed by atoms with Gasteiger partial charge in [0.15, 0.2) is 5.78 Å². The highest BCUT2D eigenvalue weighted by Crippen LogP contribution is 2.29. The summed E-state index contributed by atoms with van der Waals surface area (Å²) in [5.41, 5.74) is 11.3. The molecule has 0 spiro atoms. The Morgan fingerprint density at radius 3 is 2.13 bits per heavy atom. The molecule has 0 radical (unpaired) electrons. The summed E-state index contributed by atoms with van der Waals surface area (Å²) in [5, 5.41) is 25.5. The molecule has 3 aliphatic rings. The summed E-state index contributed by atoms with van der Waals surface area (Å²) in [4.78, 5) is 60.1. The maximum Gasteiger partial charge on any atom is 0.435 e. The van der Waals surface area contributed by atoms with E-state index in [4.69, 9.17) is 31.9 Å². The number of benzene rings is 4. The van der Waals surface area contributed by atoms with E-state index in [-0.39, 0.29) is 11.1 Å². The van der Waals surface area contributed by atoms with Crippen LogP contribution in [0.4, 0.5) is 27.8 Å². The predicted octanol–water partition coefficient (Wildman–Crippen LogP) is 12.8. The van der Waals surface area contributed by atoms with Gasteiger partial charge in [-0.2, -0.15) is 9.78 Å². The van der Waals surface area contributed by atoms with Crippen LogP contribution < -0.4 is 21.7 Å². The molecule has 19 nitrogen and oxygen atoms in total. The molecule has 0 bridgehead atoms. The molecule has 7 N–H and O–H groups in total. The van der Waals surface area contributed by atoms with Gasteiger partial charge in [-0.1, -0.05) is 62.2 Å². The van der Waals surface area contributed by atoms with Crippen molar-refractivity contribution in [1.82, 2.24) is 44.9 Å². The first-order valence-electron chi connectivity index (χ1n) is 26.0. The van der Waals surface area contributed by atoms with Gasteiger partial charge in [-0.3, -0.25) is 9.79 Å². The lowest BCUT2D eigenvalue weighted by Gasteiger charge is -2.21. The number of allylic oxidation sites excluding steroid dienone is 1. The number of aryl methyl sites for hydroxylation is 1. The van der Waals surface area contributed by atoms with Crippen LogP contribution in [0.2, 0.25) is 5.28 Å². The number of Topliss-reactive ketones (excluding diaryl/α,β-unsaturated/α-hetero) is 1. The van der Waals surface area contributed by atoms with Gasteiger partial charge in [-0.25, -0.2) is 29.5 Å². The minimum atomic E-state index is -0.864. The van der Waals surface area contributed by atoms with E-state index >= 15 is 0 Å². The van der Waals surface area contributed by atoms with Gasteiger partial charge in [0.25, 0.3) is 0 Å². The zero-order valence-electron chi connectivity index (χ0n) is 46.1. The van der Waals surface area contributed by atoms with Crippen LogP contribution in [0.1, 0.15) is 65.7 Å². The van der Waals surface area contributed by atoms with Crippen molar-refractivity contribution in [2.45, 2.75) is 52.7 Å². The van der Waals surface area contributed by atoms with Crippen LogP contribution in [0.3, 0.4) is 0 Å². The van der Waals surface area contributed by atoms with E-state index in [9.17, 15) is 14.4 Å². The number of carboxylic acids is 1. The van der Waals surface area contributed by atoms with Gasteiger partial charge in [-0.15, -0.1) is 11.3 Å². The Kier molecular flexibility index (Phi) is 22.9. The molecule has 8 heterocycles. The van der Waals surface area contributed by atoms with Crippen molar-refractivity contribution in [2.24, 2.45) is 10.7 Å². The van der Waals surface area contributed by atoms with Gasteiger partial charge in [0.1, 0.15) is 27.9 Å². The largest absolute Gasteiger partial charge is 0.477 e. The van der Waals surface area contributed by atoms with Gasteiger partial charge in [0.2, 0.25) is 5.28 Å². The monoisotopic (exact) mass is 1280 g/mol. The summed E-state index contributed by atoms with van der Waals surface area (Å²) in [6, 6.07) is 32.8. The second-order valence-electron chi connectivity index (χ2n) is 19.7. The molecular formula is C59H64Br2ClN13O6S. The fourth-order valence-electron chi connectivity index (χ4n) is 7.81. The van der Waals surface area contributed by atoms with Crippen LogP contribution in [0.25, 0.3) is 37.5 Å². The SMILES string of the molecule is CC(=O)c1cc2ccc(Br)cc2[nH]1.CC(C)(C)OC(=O)n1ncc2cc(Nc3ccnc(Cl)n3)ccc21.CN1CCNCC1.Cc1nccc(Nc2ccc(C3=CCN=C3)cc2)n1.NC1CCOC1.O=C(O)c1cc2ccc(Br)cc2s1. The molecular weight excluding hydrogens is 1210 g/mol. The molecule has 0 amide bonds. The number of ketones is 1. The fraction of sp³-hybridized carbons (Fsp3) is 0.271. The highest BCUT2D eigenvalue weighted by Gasteiger charge is 2.20. The Morgan fingerprint density at radius 1 is 0.854 bits per heavy atom. The van der Waals surface area contributed by atoms with Crippen molar-refractivity contribution < 1.29 is 29.0 Å². The number of fused-ring (bicyclic) bond motifs is 3. The molecule has 2 saturated heterocycles. The molecule has 0 aliphatic carbocycles. The van der Waals surface area contributed by atoms with Crippen molar-refractivity contribution in [3.05, 3.63) is 164 Å². The Bertz CT molecular complexity index is 3570. The van der Waals surface area contributed by atoms with Gasteiger partial charge in [-0.05, 0) is 148 Å². The highest BCUT2D eigenvalue weighted by molar-refractivity contribution is 9.10. The molecule has 4 aromatic carbocycles. The maximum absolute atomic E-state index is 12.2. The van der Waals surface area contributed by atoms with Gasteiger partial charge in [0, 0.05) is 106 Å². The lowest BCUT2D eigenvalue weighted by molar-refractivity contribution is 0.0522. The summed E-state index contributed by atoms with van der Waals surface area (Å²) in [7, 11) is 2.15. The number of nitrogens with zero attached hydrogens (tertiary/aromatic N) is 8. The third-order valence-electron chi connectivity index (χ3n) is 11.9. The number of carbonyl (C=O) groups is 3. The molecule has 2 fully saturated rings. The predicted molar refractivity (Wildman–Crippen MR) is 336 cm³/mol. The highest BCUT2D eigenvalue weighted by atomic mass is 79.9. The molecule has 3 aliphatic heterocycles. The van der Waals surface area contributed by atoms with Crippen LogP contribution in [-0.2, 0) is 9.47 Å². The number of H-pyrrole nitrogens is 1. The number of likely N-dealkylation sites (N-methyl/N-ethyl adjacent to an activating group) is 1. The molecule has 9 aromatic rings. The molecule has 1 atom stereocenters. The minimum Gasteiger partial charge on any atom is -0.477 e.